The molecule has 0 amide bonds. The van der Waals surface area contributed by atoms with Crippen molar-refractivity contribution in [3.8, 4) is 0 Å². The molecule has 38 valence electrons. The van der Waals surface area contributed by atoms with Crippen LogP contribution < -0.4 is 5.30 Å². The van der Waals surface area contributed by atoms with Crippen molar-refractivity contribution in [1.82, 2.24) is 10.2 Å². The first-order valence-electron chi connectivity index (χ1n) is 2.10. The van der Waals surface area contributed by atoms with Crippen LogP contribution in [0.5, 0.6) is 0 Å². The fraction of sp³-hybridized carbons (Fsp3) is 0.250. The van der Waals surface area contributed by atoms with Gasteiger partial charge < -0.3 is 0 Å². The Hall–Kier alpha value is -0.360. The molecule has 0 radical (unpaired) electrons. The van der Waals surface area contributed by atoms with Gasteiger partial charge in [0.2, 0.25) is 0 Å². The maximum atomic E-state index is 3.77. The lowest BCUT2D eigenvalue weighted by Gasteiger charge is -1.77. The molecule has 1 rings (SSSR count). The van der Waals surface area contributed by atoms with E-state index >= 15 is 0 Å². The summed E-state index contributed by atoms with van der Waals surface area (Å²) in [6.45, 7) is 2.13. The molecule has 0 aliphatic carbocycles. The Morgan fingerprint density at radius 3 is 3.00 bits per heavy atom. The van der Waals surface area contributed by atoms with Gasteiger partial charge in [-0.3, -0.25) is 5.10 Å². The molecule has 3 heteroatoms. The lowest BCUT2D eigenvalue weighted by atomic mass is 10.7. The van der Waals surface area contributed by atoms with Crippen LogP contribution in [-0.4, -0.2) is 16.9 Å². The van der Waals surface area contributed by atoms with E-state index in [4.69, 9.17) is 0 Å². The molecule has 0 fully saturated rings. The van der Waals surface area contributed by atoms with Crippen LogP contribution in [0, 0.1) is 0 Å². The molecule has 0 bridgehead atoms. The predicted octanol–water partition coefficient (Wildman–Crippen LogP) is 0.343. The third-order valence-corrected chi connectivity index (χ3v) is 1.64. The molecule has 0 saturated carbocycles. The fourth-order valence-electron chi connectivity index (χ4n) is 0.388. The molecule has 7 heavy (non-hydrogen) atoms. The Morgan fingerprint density at radius 1 is 1.86 bits per heavy atom. The summed E-state index contributed by atoms with van der Waals surface area (Å²) in [6, 6.07) is 0. The highest BCUT2D eigenvalue weighted by atomic mass is 31.1. The van der Waals surface area contributed by atoms with E-state index in [0.717, 1.165) is 8.58 Å². The maximum absolute atomic E-state index is 3.77. The van der Waals surface area contributed by atoms with Gasteiger partial charge in [-0.05, 0) is 6.66 Å². The highest BCUT2D eigenvalue weighted by Crippen LogP contribution is 1.97. The Kier molecular flexibility index (Phi) is 1.42. The van der Waals surface area contributed by atoms with Crippen molar-refractivity contribution in [2.45, 2.75) is 0 Å². The van der Waals surface area contributed by atoms with Gasteiger partial charge in [-0.15, -0.1) is 0 Å². The number of hydrogen-bond donors (Lipinski definition) is 1. The van der Waals surface area contributed by atoms with Crippen molar-refractivity contribution in [3.63, 3.8) is 0 Å². The van der Waals surface area contributed by atoms with E-state index in [1.807, 2.05) is 12.4 Å². The molecule has 0 aromatic carbocycles. The molecule has 0 aliphatic heterocycles. The number of H-pyrrole nitrogens is 1. The number of nitrogens with one attached hydrogen (secondary N) is 1. The van der Waals surface area contributed by atoms with E-state index in [9.17, 15) is 0 Å². The summed E-state index contributed by atoms with van der Waals surface area (Å²) in [5.41, 5.74) is 0. The number of hydrogen-bond acceptors (Lipinski definition) is 1. The Balaban J connectivity index is 2.76. The Morgan fingerprint density at radius 2 is 2.71 bits per heavy atom. The predicted molar refractivity (Wildman–Crippen MR) is 32.5 cm³/mol. The molecule has 0 saturated heterocycles. The minimum atomic E-state index is 0.861. The van der Waals surface area contributed by atoms with Gasteiger partial charge in [-0.2, -0.15) is 5.10 Å². The molecule has 1 unspecified atom stereocenters. The largest absolute Gasteiger partial charge is 0.285 e. The zero-order valence-corrected chi connectivity index (χ0v) is 5.10. The number of nitrogens with zero attached hydrogens (tertiary/aromatic N) is 1. The van der Waals surface area contributed by atoms with Crippen LogP contribution in [0.1, 0.15) is 0 Å². The molecule has 1 atom stereocenters. The lowest BCUT2D eigenvalue weighted by molar-refractivity contribution is 1.09. The van der Waals surface area contributed by atoms with Crippen LogP contribution in [0.4, 0.5) is 0 Å². The molecule has 1 N–H and O–H groups in total. The lowest BCUT2D eigenvalue weighted by Crippen LogP contribution is -1.82. The molecule has 1 aromatic rings. The van der Waals surface area contributed by atoms with Gasteiger partial charge in [0, 0.05) is 11.5 Å². The quantitative estimate of drug-likeness (QED) is 0.524. The topological polar surface area (TPSA) is 28.7 Å². The van der Waals surface area contributed by atoms with E-state index in [0.29, 0.717) is 0 Å². The van der Waals surface area contributed by atoms with Crippen LogP contribution in [0.25, 0.3) is 0 Å². The first-order chi connectivity index (χ1) is 3.43. The second-order valence-electron chi connectivity index (χ2n) is 1.24. The number of rotatable bonds is 1. The minimum Gasteiger partial charge on any atom is -0.285 e. The average Bonchev–Trinajstić information content (AvgIpc) is 2.14. The minimum absolute atomic E-state index is 0.861. The summed E-state index contributed by atoms with van der Waals surface area (Å²) < 4.78 is 0. The van der Waals surface area contributed by atoms with Gasteiger partial charge >= 0.3 is 0 Å². The van der Waals surface area contributed by atoms with Crippen LogP contribution in [0.15, 0.2) is 12.4 Å². The molecular formula is C4H7N2P. The summed E-state index contributed by atoms with van der Waals surface area (Å²) in [5.74, 6) is 0. The van der Waals surface area contributed by atoms with Crippen molar-refractivity contribution in [2.24, 2.45) is 0 Å². The highest BCUT2D eigenvalue weighted by Gasteiger charge is 1.82. The van der Waals surface area contributed by atoms with Crippen LogP contribution >= 0.6 is 8.58 Å². The normalized spacial score (nSPS) is 11.0. The van der Waals surface area contributed by atoms with Gasteiger partial charge in [-0.25, -0.2) is 0 Å². The molecular weight excluding hydrogens is 107 g/mol. The van der Waals surface area contributed by atoms with E-state index in [2.05, 4.69) is 16.9 Å². The average molecular weight is 114 g/mol. The van der Waals surface area contributed by atoms with E-state index in [1.165, 1.54) is 5.30 Å². The van der Waals surface area contributed by atoms with Crippen molar-refractivity contribution >= 4 is 13.9 Å². The second kappa shape index (κ2) is 2.08. The monoisotopic (exact) mass is 114 g/mol. The van der Waals surface area contributed by atoms with Gasteiger partial charge in [0.15, 0.2) is 0 Å². The van der Waals surface area contributed by atoms with Gasteiger partial charge in [-0.1, -0.05) is 8.58 Å². The van der Waals surface area contributed by atoms with Crippen molar-refractivity contribution in [3.05, 3.63) is 12.4 Å². The smallest absolute Gasteiger partial charge is 0.0561 e. The third-order valence-electron chi connectivity index (χ3n) is 0.787. The first kappa shape index (κ1) is 4.79. The standard InChI is InChI=1S/C4H7N2P/c1-7-4-2-5-6-3-4/h2-3,7H,1H3,(H,5,6). The van der Waals surface area contributed by atoms with Crippen molar-refractivity contribution in [1.29, 1.82) is 0 Å². The Bertz CT molecular complexity index is 124. The van der Waals surface area contributed by atoms with Crippen molar-refractivity contribution < 1.29 is 0 Å². The zero-order valence-electron chi connectivity index (χ0n) is 4.10. The number of aromatic amines is 1. The van der Waals surface area contributed by atoms with Crippen LogP contribution in [0.2, 0.25) is 0 Å². The Labute approximate surface area is 44.1 Å². The van der Waals surface area contributed by atoms with Gasteiger partial charge in [0.05, 0.1) is 6.20 Å². The van der Waals surface area contributed by atoms with Crippen LogP contribution in [-0.2, 0) is 0 Å². The highest BCUT2D eigenvalue weighted by molar-refractivity contribution is 7.46. The van der Waals surface area contributed by atoms with Crippen LogP contribution in [0.3, 0.4) is 0 Å². The maximum Gasteiger partial charge on any atom is 0.0561 e. The molecule has 1 aromatic heterocycles. The molecule has 2 nitrogen and oxygen atoms in total. The fourth-order valence-corrected chi connectivity index (χ4v) is 0.790. The van der Waals surface area contributed by atoms with E-state index in [1.54, 1.807) is 0 Å². The first-order valence-corrected chi connectivity index (χ1v) is 3.60. The summed E-state index contributed by atoms with van der Waals surface area (Å²) in [6.07, 6.45) is 3.76. The third kappa shape index (κ3) is 1.00. The van der Waals surface area contributed by atoms with E-state index in [-0.39, 0.29) is 0 Å². The summed E-state index contributed by atoms with van der Waals surface area (Å²) in [7, 11) is 0.861. The second-order valence-corrected chi connectivity index (χ2v) is 2.31. The molecule has 1 heterocycles. The number of aromatic nitrogens is 2. The van der Waals surface area contributed by atoms with Gasteiger partial charge in [0.1, 0.15) is 0 Å². The summed E-state index contributed by atoms with van der Waals surface area (Å²) >= 11 is 0. The molecule has 0 spiro atoms. The SMILES string of the molecule is CPc1cn[nH]c1. The summed E-state index contributed by atoms with van der Waals surface area (Å²) in [5, 5.41) is 7.80. The van der Waals surface area contributed by atoms with E-state index < -0.39 is 0 Å². The summed E-state index contributed by atoms with van der Waals surface area (Å²) in [4.78, 5) is 0. The van der Waals surface area contributed by atoms with Crippen molar-refractivity contribution in [2.75, 3.05) is 6.66 Å². The zero-order chi connectivity index (χ0) is 5.11. The molecule has 0 aliphatic rings. The van der Waals surface area contributed by atoms with Gasteiger partial charge in [0.25, 0.3) is 0 Å².